The van der Waals surface area contributed by atoms with Gasteiger partial charge in [-0.1, -0.05) is 17.7 Å². The molecule has 0 radical (unpaired) electrons. The van der Waals surface area contributed by atoms with Crippen LogP contribution in [-0.2, 0) is 6.61 Å². The van der Waals surface area contributed by atoms with E-state index in [4.69, 9.17) is 16.3 Å². The standard InChI is InChI=1S/C12H12ClNOS/c1-8-3-4-11(13)12(5-8)15-6-10-7-16-9(2)14-10/h3-5,7H,6H2,1-2H3. The zero-order valence-corrected chi connectivity index (χ0v) is 10.7. The van der Waals surface area contributed by atoms with Gasteiger partial charge in [-0.15, -0.1) is 11.3 Å². The monoisotopic (exact) mass is 253 g/mol. The first-order chi connectivity index (χ1) is 7.65. The van der Waals surface area contributed by atoms with Gasteiger partial charge in [-0.2, -0.15) is 0 Å². The first-order valence-corrected chi connectivity index (χ1v) is 6.21. The van der Waals surface area contributed by atoms with Gasteiger partial charge in [-0.3, -0.25) is 0 Å². The van der Waals surface area contributed by atoms with Gasteiger partial charge in [-0.05, 0) is 31.5 Å². The number of ether oxygens (including phenoxy) is 1. The van der Waals surface area contributed by atoms with Gasteiger partial charge in [0.1, 0.15) is 12.4 Å². The van der Waals surface area contributed by atoms with Gasteiger partial charge < -0.3 is 4.74 Å². The molecule has 0 spiro atoms. The fourth-order valence-electron chi connectivity index (χ4n) is 1.35. The van der Waals surface area contributed by atoms with Crippen LogP contribution in [0.4, 0.5) is 0 Å². The van der Waals surface area contributed by atoms with E-state index in [1.807, 2.05) is 37.4 Å². The maximum Gasteiger partial charge on any atom is 0.138 e. The molecule has 0 aliphatic carbocycles. The van der Waals surface area contributed by atoms with Crippen molar-refractivity contribution in [3.63, 3.8) is 0 Å². The number of hydrogen-bond donors (Lipinski definition) is 0. The smallest absolute Gasteiger partial charge is 0.138 e. The molecule has 0 N–H and O–H groups in total. The highest BCUT2D eigenvalue weighted by Crippen LogP contribution is 2.26. The van der Waals surface area contributed by atoms with E-state index in [0.717, 1.165) is 16.3 Å². The van der Waals surface area contributed by atoms with Crippen molar-refractivity contribution in [3.8, 4) is 5.75 Å². The molecule has 0 amide bonds. The molecular weight excluding hydrogens is 242 g/mol. The van der Waals surface area contributed by atoms with Crippen LogP contribution >= 0.6 is 22.9 Å². The lowest BCUT2D eigenvalue weighted by Gasteiger charge is -2.07. The molecule has 1 aromatic heterocycles. The summed E-state index contributed by atoms with van der Waals surface area (Å²) in [6.07, 6.45) is 0. The Labute approximate surface area is 104 Å². The summed E-state index contributed by atoms with van der Waals surface area (Å²) >= 11 is 7.65. The third-order valence-corrected chi connectivity index (χ3v) is 3.26. The van der Waals surface area contributed by atoms with Crippen molar-refractivity contribution in [2.45, 2.75) is 20.5 Å². The summed E-state index contributed by atoms with van der Waals surface area (Å²) in [4.78, 5) is 4.33. The second kappa shape index (κ2) is 4.85. The maximum atomic E-state index is 6.02. The molecule has 0 aliphatic heterocycles. The molecule has 0 bridgehead atoms. The number of hydrogen-bond acceptors (Lipinski definition) is 3. The van der Waals surface area contributed by atoms with Crippen molar-refractivity contribution in [1.82, 2.24) is 4.98 Å². The first-order valence-electron chi connectivity index (χ1n) is 4.95. The summed E-state index contributed by atoms with van der Waals surface area (Å²) in [7, 11) is 0. The van der Waals surface area contributed by atoms with Crippen LogP contribution in [0.2, 0.25) is 5.02 Å². The molecule has 0 saturated heterocycles. The number of nitrogens with zero attached hydrogens (tertiary/aromatic N) is 1. The molecule has 0 atom stereocenters. The van der Waals surface area contributed by atoms with Crippen molar-refractivity contribution < 1.29 is 4.74 Å². The van der Waals surface area contributed by atoms with E-state index in [9.17, 15) is 0 Å². The normalized spacial score (nSPS) is 10.4. The molecule has 84 valence electrons. The number of aromatic nitrogens is 1. The molecule has 0 aliphatic rings. The molecule has 1 aromatic carbocycles. The third-order valence-electron chi connectivity index (χ3n) is 2.13. The van der Waals surface area contributed by atoms with Gasteiger partial charge in [0.2, 0.25) is 0 Å². The van der Waals surface area contributed by atoms with E-state index in [0.29, 0.717) is 17.4 Å². The molecule has 2 nitrogen and oxygen atoms in total. The highest BCUT2D eigenvalue weighted by molar-refractivity contribution is 7.09. The highest BCUT2D eigenvalue weighted by atomic mass is 35.5. The number of thiazole rings is 1. The van der Waals surface area contributed by atoms with Crippen LogP contribution in [0, 0.1) is 13.8 Å². The molecular formula is C12H12ClNOS. The van der Waals surface area contributed by atoms with E-state index in [1.165, 1.54) is 0 Å². The third kappa shape index (κ3) is 2.74. The summed E-state index contributed by atoms with van der Waals surface area (Å²) in [6.45, 7) is 4.46. The van der Waals surface area contributed by atoms with Crippen LogP contribution in [0.15, 0.2) is 23.6 Å². The van der Waals surface area contributed by atoms with Crippen LogP contribution in [0.3, 0.4) is 0 Å². The number of aryl methyl sites for hydroxylation is 2. The van der Waals surface area contributed by atoms with Crippen molar-refractivity contribution >= 4 is 22.9 Å². The fraction of sp³-hybridized carbons (Fsp3) is 0.250. The molecule has 4 heteroatoms. The Hall–Kier alpha value is -1.06. The quantitative estimate of drug-likeness (QED) is 0.825. The minimum atomic E-state index is 0.466. The van der Waals surface area contributed by atoms with Crippen LogP contribution in [0.1, 0.15) is 16.3 Å². The van der Waals surface area contributed by atoms with Gasteiger partial charge in [0.25, 0.3) is 0 Å². The zero-order valence-electron chi connectivity index (χ0n) is 9.16. The van der Waals surface area contributed by atoms with Crippen LogP contribution < -0.4 is 4.74 Å². The molecule has 2 rings (SSSR count). The molecule has 1 heterocycles. The van der Waals surface area contributed by atoms with Crippen LogP contribution in [-0.4, -0.2) is 4.98 Å². The second-order valence-electron chi connectivity index (χ2n) is 3.58. The Balaban J connectivity index is 2.07. The minimum absolute atomic E-state index is 0.466. The largest absolute Gasteiger partial charge is 0.486 e. The van der Waals surface area contributed by atoms with Crippen molar-refractivity contribution in [1.29, 1.82) is 0 Å². The highest BCUT2D eigenvalue weighted by Gasteiger charge is 2.04. The average molecular weight is 254 g/mol. The average Bonchev–Trinajstić information content (AvgIpc) is 2.66. The first kappa shape index (κ1) is 11.4. The van der Waals surface area contributed by atoms with E-state index >= 15 is 0 Å². The molecule has 0 fully saturated rings. The van der Waals surface area contributed by atoms with E-state index in [-0.39, 0.29) is 0 Å². The predicted octanol–water partition coefficient (Wildman–Crippen LogP) is 3.99. The summed E-state index contributed by atoms with van der Waals surface area (Å²) in [5.41, 5.74) is 2.08. The van der Waals surface area contributed by atoms with Crippen molar-refractivity contribution in [2.75, 3.05) is 0 Å². The summed E-state index contributed by atoms with van der Waals surface area (Å²) in [6, 6.07) is 5.74. The topological polar surface area (TPSA) is 22.1 Å². The van der Waals surface area contributed by atoms with E-state index < -0.39 is 0 Å². The molecule has 0 saturated carbocycles. The second-order valence-corrected chi connectivity index (χ2v) is 5.05. The summed E-state index contributed by atoms with van der Waals surface area (Å²) in [5, 5.41) is 3.69. The molecule has 2 aromatic rings. The lowest BCUT2D eigenvalue weighted by molar-refractivity contribution is 0.302. The Morgan fingerprint density at radius 2 is 2.19 bits per heavy atom. The van der Waals surface area contributed by atoms with Crippen molar-refractivity contribution in [2.24, 2.45) is 0 Å². The van der Waals surface area contributed by atoms with Gasteiger partial charge in [0.05, 0.1) is 15.7 Å². The van der Waals surface area contributed by atoms with Gasteiger partial charge >= 0.3 is 0 Å². The summed E-state index contributed by atoms with van der Waals surface area (Å²) in [5.74, 6) is 0.715. The summed E-state index contributed by atoms with van der Waals surface area (Å²) < 4.78 is 5.63. The van der Waals surface area contributed by atoms with Crippen LogP contribution in [0.25, 0.3) is 0 Å². The zero-order chi connectivity index (χ0) is 11.5. The fourth-order valence-corrected chi connectivity index (χ4v) is 2.12. The number of halogens is 1. The van der Waals surface area contributed by atoms with E-state index in [1.54, 1.807) is 11.3 Å². The lowest BCUT2D eigenvalue weighted by Crippen LogP contribution is -1.96. The predicted molar refractivity (Wildman–Crippen MR) is 67.4 cm³/mol. The van der Waals surface area contributed by atoms with Gasteiger partial charge in [-0.25, -0.2) is 4.98 Å². The Kier molecular flexibility index (Phi) is 3.46. The molecule has 16 heavy (non-hydrogen) atoms. The van der Waals surface area contributed by atoms with Gasteiger partial charge in [0.15, 0.2) is 0 Å². The van der Waals surface area contributed by atoms with Crippen molar-refractivity contribution in [3.05, 3.63) is 44.9 Å². The maximum absolute atomic E-state index is 6.02. The Morgan fingerprint density at radius 3 is 2.88 bits per heavy atom. The molecule has 0 unspecified atom stereocenters. The minimum Gasteiger partial charge on any atom is -0.486 e. The number of rotatable bonds is 3. The van der Waals surface area contributed by atoms with E-state index in [2.05, 4.69) is 4.98 Å². The number of benzene rings is 1. The Morgan fingerprint density at radius 1 is 1.38 bits per heavy atom. The van der Waals surface area contributed by atoms with Gasteiger partial charge in [0, 0.05) is 5.38 Å². The lowest BCUT2D eigenvalue weighted by atomic mass is 10.2. The Bertz CT molecular complexity index is 496. The van der Waals surface area contributed by atoms with Crippen LogP contribution in [0.5, 0.6) is 5.75 Å². The SMILES string of the molecule is Cc1ccc(Cl)c(OCc2csc(C)n2)c1.